The Hall–Kier alpha value is -3.51. The van der Waals surface area contributed by atoms with Gasteiger partial charge in [0.25, 0.3) is 0 Å². The van der Waals surface area contributed by atoms with E-state index in [0.29, 0.717) is 28.3 Å². The van der Waals surface area contributed by atoms with Crippen molar-refractivity contribution in [3.63, 3.8) is 0 Å². The van der Waals surface area contributed by atoms with Crippen LogP contribution < -0.4 is 4.72 Å². The number of nitrogens with zero attached hydrogens (tertiary/aromatic N) is 1. The number of alkyl halides is 3. The van der Waals surface area contributed by atoms with Gasteiger partial charge in [-0.15, -0.1) is 0 Å². The van der Waals surface area contributed by atoms with Crippen molar-refractivity contribution < 1.29 is 35.2 Å². The average molecular weight is 516 g/mol. The number of H-pyrrole nitrogens is 1. The van der Waals surface area contributed by atoms with E-state index in [-0.39, 0.29) is 16.6 Å². The average Bonchev–Trinajstić information content (AvgIpc) is 3.19. The molecule has 2 heterocycles. The molecule has 0 radical (unpaired) electrons. The molecule has 2 aromatic heterocycles. The number of sulfonamides is 1. The van der Waals surface area contributed by atoms with Crippen LogP contribution in [0.5, 0.6) is 0 Å². The van der Waals surface area contributed by atoms with Crippen LogP contribution in [-0.2, 0) is 10.0 Å². The van der Waals surface area contributed by atoms with E-state index in [4.69, 9.17) is 11.6 Å². The van der Waals surface area contributed by atoms with Crippen LogP contribution in [0.25, 0.3) is 22.2 Å². The minimum atomic E-state index is -6.01. The van der Waals surface area contributed by atoms with Gasteiger partial charge in [-0.3, -0.25) is 9.52 Å². The highest BCUT2D eigenvalue weighted by molar-refractivity contribution is 7.93. The lowest BCUT2D eigenvalue weighted by Crippen LogP contribution is -2.30. The minimum absolute atomic E-state index is 0.178. The SMILES string of the molecule is O=C(c1c(F)ccc(NS(=O)(=O)C(F)(F)F)c1F)c1c[nH]c2ncc(-c3ccc(Cl)cc3)cc12. The number of ketones is 1. The molecule has 0 unspecified atom stereocenters. The number of hydrogen-bond acceptors (Lipinski definition) is 4. The van der Waals surface area contributed by atoms with Crippen molar-refractivity contribution in [3.05, 3.63) is 82.6 Å². The van der Waals surface area contributed by atoms with Gasteiger partial charge >= 0.3 is 15.5 Å². The van der Waals surface area contributed by atoms with Crippen LogP contribution in [0.3, 0.4) is 0 Å². The number of aromatic amines is 1. The number of hydrogen-bond donors (Lipinski definition) is 2. The molecule has 0 saturated carbocycles. The molecule has 6 nitrogen and oxygen atoms in total. The van der Waals surface area contributed by atoms with Crippen molar-refractivity contribution in [2.75, 3.05) is 4.72 Å². The third-order valence-corrected chi connectivity index (χ3v) is 6.17. The Labute approximate surface area is 193 Å². The lowest BCUT2D eigenvalue weighted by Gasteiger charge is -2.13. The number of carbonyl (C=O) groups is 1. The van der Waals surface area contributed by atoms with Gasteiger partial charge in [0.15, 0.2) is 5.82 Å². The molecule has 4 rings (SSSR count). The second kappa shape index (κ2) is 8.37. The lowest BCUT2D eigenvalue weighted by molar-refractivity contribution is -0.0429. The van der Waals surface area contributed by atoms with Crippen molar-refractivity contribution in [3.8, 4) is 11.1 Å². The third kappa shape index (κ3) is 4.21. The van der Waals surface area contributed by atoms with Gasteiger partial charge in [0.2, 0.25) is 5.78 Å². The van der Waals surface area contributed by atoms with Gasteiger partial charge in [-0.05, 0) is 35.9 Å². The number of carbonyl (C=O) groups excluding carboxylic acids is 1. The quantitative estimate of drug-likeness (QED) is 0.265. The fourth-order valence-corrected chi connectivity index (χ4v) is 3.86. The molecule has 0 aliphatic carbocycles. The van der Waals surface area contributed by atoms with Crippen LogP contribution >= 0.6 is 11.6 Å². The summed E-state index contributed by atoms with van der Waals surface area (Å²) in [5, 5.41) is 0.666. The monoisotopic (exact) mass is 515 g/mol. The molecule has 0 aliphatic rings. The van der Waals surface area contributed by atoms with Crippen molar-refractivity contribution in [1.29, 1.82) is 0 Å². The number of benzene rings is 2. The topological polar surface area (TPSA) is 91.9 Å². The summed E-state index contributed by atoms with van der Waals surface area (Å²) in [6.07, 6.45) is 2.63. The molecular weight excluding hydrogens is 505 g/mol. The Morgan fingerprint density at radius 3 is 2.35 bits per heavy atom. The summed E-state index contributed by atoms with van der Waals surface area (Å²) in [5.41, 5.74) is -7.02. The Kier molecular flexibility index (Phi) is 5.82. The summed E-state index contributed by atoms with van der Waals surface area (Å²) in [5.74, 6) is -4.42. The molecule has 0 bridgehead atoms. The van der Waals surface area contributed by atoms with Crippen molar-refractivity contribution in [2.45, 2.75) is 5.51 Å². The Morgan fingerprint density at radius 2 is 1.71 bits per heavy atom. The van der Waals surface area contributed by atoms with Crippen LogP contribution in [0, 0.1) is 11.6 Å². The van der Waals surface area contributed by atoms with E-state index < -0.39 is 44.2 Å². The van der Waals surface area contributed by atoms with Crippen molar-refractivity contribution in [2.24, 2.45) is 0 Å². The van der Waals surface area contributed by atoms with Crippen molar-refractivity contribution in [1.82, 2.24) is 9.97 Å². The Bertz CT molecular complexity index is 1530. The molecular formula is C21H11ClF5N3O3S. The zero-order valence-electron chi connectivity index (χ0n) is 16.5. The van der Waals surface area contributed by atoms with Crippen LogP contribution in [0.2, 0.25) is 5.02 Å². The predicted molar refractivity (Wildman–Crippen MR) is 115 cm³/mol. The minimum Gasteiger partial charge on any atom is -0.345 e. The summed E-state index contributed by atoms with van der Waals surface area (Å²) in [6.45, 7) is 0. The molecule has 0 fully saturated rings. The first-order valence-electron chi connectivity index (χ1n) is 9.24. The number of rotatable bonds is 5. The Morgan fingerprint density at radius 1 is 1.03 bits per heavy atom. The van der Waals surface area contributed by atoms with Gasteiger partial charge < -0.3 is 4.98 Å². The molecule has 0 saturated heterocycles. The number of halogens is 6. The molecule has 34 heavy (non-hydrogen) atoms. The molecule has 0 atom stereocenters. The second-order valence-electron chi connectivity index (χ2n) is 6.99. The summed E-state index contributed by atoms with van der Waals surface area (Å²) in [4.78, 5) is 19.9. The van der Waals surface area contributed by atoms with E-state index in [1.165, 1.54) is 12.3 Å². The molecule has 4 aromatic rings. The van der Waals surface area contributed by atoms with Gasteiger partial charge in [-0.25, -0.2) is 13.8 Å². The molecule has 2 aromatic carbocycles. The van der Waals surface area contributed by atoms with E-state index in [0.717, 1.165) is 10.9 Å². The summed E-state index contributed by atoms with van der Waals surface area (Å²) in [6, 6.07) is 9.09. The second-order valence-corrected chi connectivity index (χ2v) is 9.10. The molecule has 0 spiro atoms. The van der Waals surface area contributed by atoms with E-state index in [9.17, 15) is 35.2 Å². The summed E-state index contributed by atoms with van der Waals surface area (Å²) in [7, 11) is -6.01. The standard InChI is InChI=1S/C21H11ClF5N3O3S/c22-12-3-1-10(2-4-12)11-7-13-14(9-29-20(13)28-8-11)19(31)17-15(23)5-6-16(18(17)24)30-34(32,33)21(25,26)27/h1-9,30H,(H,28,29). The first-order valence-corrected chi connectivity index (χ1v) is 11.1. The smallest absolute Gasteiger partial charge is 0.345 e. The highest BCUT2D eigenvalue weighted by Crippen LogP contribution is 2.31. The normalized spacial score (nSPS) is 12.2. The molecule has 0 aliphatic heterocycles. The largest absolute Gasteiger partial charge is 0.516 e. The third-order valence-electron chi connectivity index (χ3n) is 4.82. The van der Waals surface area contributed by atoms with E-state index >= 15 is 0 Å². The van der Waals surface area contributed by atoms with Gasteiger partial charge in [-0.1, -0.05) is 23.7 Å². The maximum atomic E-state index is 14.9. The maximum absolute atomic E-state index is 14.9. The van der Waals surface area contributed by atoms with Gasteiger partial charge in [0.05, 0.1) is 11.3 Å². The molecule has 2 N–H and O–H groups in total. The highest BCUT2D eigenvalue weighted by atomic mass is 35.5. The van der Waals surface area contributed by atoms with Gasteiger partial charge in [0.1, 0.15) is 11.5 Å². The zero-order valence-corrected chi connectivity index (χ0v) is 18.1. The number of aromatic nitrogens is 2. The van der Waals surface area contributed by atoms with Crippen LogP contribution in [0.15, 0.2) is 54.9 Å². The maximum Gasteiger partial charge on any atom is 0.516 e. The molecule has 0 amide bonds. The van der Waals surface area contributed by atoms with Gasteiger partial charge in [0, 0.05) is 33.9 Å². The number of fused-ring (bicyclic) bond motifs is 1. The molecule has 13 heteroatoms. The Balaban J connectivity index is 1.79. The van der Waals surface area contributed by atoms with E-state index in [1.54, 1.807) is 24.3 Å². The van der Waals surface area contributed by atoms with Crippen LogP contribution in [0.1, 0.15) is 15.9 Å². The predicted octanol–water partition coefficient (Wildman–Crippen LogP) is 5.65. The van der Waals surface area contributed by atoms with E-state index in [1.807, 2.05) is 0 Å². The van der Waals surface area contributed by atoms with E-state index in [2.05, 4.69) is 9.97 Å². The lowest BCUT2D eigenvalue weighted by atomic mass is 10.00. The first kappa shape index (κ1) is 23.6. The first-order chi connectivity index (χ1) is 15.9. The van der Waals surface area contributed by atoms with Gasteiger partial charge in [-0.2, -0.15) is 21.6 Å². The zero-order chi connectivity index (χ0) is 24.8. The number of nitrogens with one attached hydrogen (secondary N) is 2. The number of anilines is 1. The fraction of sp³-hybridized carbons (Fsp3) is 0.0476. The number of pyridine rings is 1. The van der Waals surface area contributed by atoms with Crippen LogP contribution in [0.4, 0.5) is 27.6 Å². The van der Waals surface area contributed by atoms with Crippen molar-refractivity contribution >= 4 is 44.1 Å². The van der Waals surface area contributed by atoms with Crippen LogP contribution in [-0.4, -0.2) is 29.7 Å². The molecule has 176 valence electrons. The fourth-order valence-electron chi connectivity index (χ4n) is 3.17. The summed E-state index contributed by atoms with van der Waals surface area (Å²) >= 11 is 5.88. The summed E-state index contributed by atoms with van der Waals surface area (Å²) < 4.78 is 90.9. The highest BCUT2D eigenvalue weighted by Gasteiger charge is 2.46.